The second kappa shape index (κ2) is 6.53. The second-order valence-corrected chi connectivity index (χ2v) is 5.82. The number of rotatable bonds is 4. The molecule has 0 spiro atoms. The topological polar surface area (TPSA) is 91.1 Å². The predicted octanol–water partition coefficient (Wildman–Crippen LogP) is 1.70. The number of carbonyl (C=O) groups excluding carboxylic acids is 1. The maximum absolute atomic E-state index is 11.5. The Kier molecular flexibility index (Phi) is 4.74. The molecule has 1 aromatic rings. The summed E-state index contributed by atoms with van der Waals surface area (Å²) in [5.41, 5.74) is 3.24. The normalized spacial score (nSPS) is 20.2. The van der Waals surface area contributed by atoms with Crippen molar-refractivity contribution >= 4 is 35.0 Å². The van der Waals surface area contributed by atoms with Gasteiger partial charge >= 0.3 is 5.97 Å². The highest BCUT2D eigenvalue weighted by molar-refractivity contribution is 8.15. The number of benzene rings is 1. The minimum absolute atomic E-state index is 0.226. The summed E-state index contributed by atoms with van der Waals surface area (Å²) in [4.78, 5) is 22.1. The Morgan fingerprint density at radius 2 is 2.24 bits per heavy atom. The van der Waals surface area contributed by atoms with Gasteiger partial charge in [-0.25, -0.2) is 0 Å². The standard InChI is InChI=1S/C14H15N3O3S/c1-8-4-3-5-10(9(8)2)7-15-17-14-16-13(20)11(21-14)6-12(18)19/h3-5,7,11H,6H2,1-2H3,(H,18,19)(H,16,17,20). The lowest BCUT2D eigenvalue weighted by molar-refractivity contribution is -0.138. The Labute approximate surface area is 126 Å². The molecule has 1 heterocycles. The van der Waals surface area contributed by atoms with Gasteiger partial charge in [-0.3, -0.25) is 9.59 Å². The number of thioether (sulfide) groups is 1. The molecule has 1 aliphatic heterocycles. The molecule has 1 aromatic carbocycles. The van der Waals surface area contributed by atoms with Gasteiger partial charge in [-0.15, -0.1) is 5.10 Å². The first-order valence-corrected chi connectivity index (χ1v) is 7.22. The number of carbonyl (C=O) groups is 2. The van der Waals surface area contributed by atoms with Gasteiger partial charge in [0.25, 0.3) is 0 Å². The molecule has 2 N–H and O–H groups in total. The maximum atomic E-state index is 11.5. The second-order valence-electron chi connectivity index (χ2n) is 4.63. The quantitative estimate of drug-likeness (QED) is 0.654. The molecule has 0 aliphatic carbocycles. The van der Waals surface area contributed by atoms with Gasteiger partial charge in [0.05, 0.1) is 12.6 Å². The van der Waals surface area contributed by atoms with Gasteiger partial charge in [0.1, 0.15) is 5.25 Å². The summed E-state index contributed by atoms with van der Waals surface area (Å²) in [5.74, 6) is -1.36. The van der Waals surface area contributed by atoms with E-state index in [1.54, 1.807) is 6.21 Å². The van der Waals surface area contributed by atoms with Gasteiger partial charge in [-0.05, 0) is 30.5 Å². The van der Waals surface area contributed by atoms with Crippen LogP contribution in [0.3, 0.4) is 0 Å². The molecule has 1 saturated heterocycles. The summed E-state index contributed by atoms with van der Waals surface area (Å²) >= 11 is 1.08. The van der Waals surface area contributed by atoms with E-state index in [0.29, 0.717) is 5.17 Å². The molecule has 0 aromatic heterocycles. The monoisotopic (exact) mass is 305 g/mol. The van der Waals surface area contributed by atoms with Crippen LogP contribution in [0.25, 0.3) is 0 Å². The van der Waals surface area contributed by atoms with Gasteiger partial charge in [-0.2, -0.15) is 5.10 Å². The lowest BCUT2D eigenvalue weighted by atomic mass is 10.0. The number of amidine groups is 1. The first-order chi connectivity index (χ1) is 9.97. The molecule has 1 fully saturated rings. The first-order valence-electron chi connectivity index (χ1n) is 6.34. The fourth-order valence-electron chi connectivity index (χ4n) is 1.80. The SMILES string of the molecule is Cc1cccc(C=NN=C2NC(=O)C(CC(=O)O)S2)c1C. The minimum atomic E-state index is -1.01. The van der Waals surface area contributed by atoms with Crippen molar-refractivity contribution in [3.63, 3.8) is 0 Å². The highest BCUT2D eigenvalue weighted by Crippen LogP contribution is 2.22. The molecule has 0 saturated carbocycles. The largest absolute Gasteiger partial charge is 0.481 e. The van der Waals surface area contributed by atoms with Gasteiger partial charge in [-0.1, -0.05) is 30.0 Å². The summed E-state index contributed by atoms with van der Waals surface area (Å²) < 4.78 is 0. The molecule has 1 unspecified atom stereocenters. The van der Waals surface area contributed by atoms with Crippen LogP contribution in [-0.2, 0) is 9.59 Å². The highest BCUT2D eigenvalue weighted by atomic mass is 32.2. The molecule has 1 atom stereocenters. The number of carboxylic acid groups (broad SMARTS) is 1. The van der Waals surface area contributed by atoms with E-state index < -0.39 is 11.2 Å². The van der Waals surface area contributed by atoms with Crippen LogP contribution in [0.15, 0.2) is 28.4 Å². The number of hydrogen-bond donors (Lipinski definition) is 2. The Hall–Kier alpha value is -2.15. The van der Waals surface area contributed by atoms with E-state index in [1.807, 2.05) is 32.0 Å². The van der Waals surface area contributed by atoms with Crippen LogP contribution < -0.4 is 5.32 Å². The van der Waals surface area contributed by atoms with E-state index >= 15 is 0 Å². The molecule has 0 radical (unpaired) electrons. The van der Waals surface area contributed by atoms with Crippen LogP contribution in [-0.4, -0.2) is 33.6 Å². The number of nitrogens with one attached hydrogen (secondary N) is 1. The third-order valence-electron chi connectivity index (χ3n) is 3.13. The van der Waals surface area contributed by atoms with Gasteiger partial charge in [0.2, 0.25) is 5.91 Å². The van der Waals surface area contributed by atoms with Crippen LogP contribution >= 0.6 is 11.8 Å². The fourth-order valence-corrected chi connectivity index (χ4v) is 2.72. The number of aryl methyl sites for hydroxylation is 1. The average Bonchev–Trinajstić information content (AvgIpc) is 2.74. The summed E-state index contributed by atoms with van der Waals surface area (Å²) in [6.45, 7) is 4.01. The third-order valence-corrected chi connectivity index (χ3v) is 4.20. The molecule has 1 aliphatic rings. The van der Waals surface area contributed by atoms with Crippen LogP contribution in [0, 0.1) is 13.8 Å². The molecule has 0 bridgehead atoms. The van der Waals surface area contributed by atoms with Crippen molar-refractivity contribution in [1.82, 2.24) is 5.32 Å². The molecule has 7 heteroatoms. The molecule has 110 valence electrons. The van der Waals surface area contributed by atoms with Gasteiger partial charge in [0.15, 0.2) is 5.17 Å². The third kappa shape index (κ3) is 3.91. The Bertz CT molecular complexity index is 640. The molecular formula is C14H15N3O3S. The first kappa shape index (κ1) is 15.2. The van der Waals surface area contributed by atoms with Crippen LogP contribution in [0.4, 0.5) is 0 Å². The number of nitrogens with zero attached hydrogens (tertiary/aromatic N) is 2. The lowest BCUT2D eigenvalue weighted by Gasteiger charge is -2.02. The molecule has 21 heavy (non-hydrogen) atoms. The van der Waals surface area contributed by atoms with E-state index in [9.17, 15) is 9.59 Å². The molecular weight excluding hydrogens is 290 g/mol. The number of carboxylic acids is 1. The van der Waals surface area contributed by atoms with Gasteiger partial charge < -0.3 is 10.4 Å². The van der Waals surface area contributed by atoms with Crippen molar-refractivity contribution in [2.24, 2.45) is 10.2 Å². The van der Waals surface area contributed by atoms with Crippen molar-refractivity contribution in [2.45, 2.75) is 25.5 Å². The van der Waals surface area contributed by atoms with Crippen LogP contribution in [0.2, 0.25) is 0 Å². The zero-order valence-electron chi connectivity index (χ0n) is 11.7. The zero-order chi connectivity index (χ0) is 15.4. The van der Waals surface area contributed by atoms with Crippen LogP contribution in [0.1, 0.15) is 23.1 Å². The van der Waals surface area contributed by atoms with E-state index in [4.69, 9.17) is 5.11 Å². The summed E-state index contributed by atoms with van der Waals surface area (Å²) in [7, 11) is 0. The number of hydrogen-bond acceptors (Lipinski definition) is 5. The van der Waals surface area contributed by atoms with E-state index in [-0.39, 0.29) is 12.3 Å². The fraction of sp³-hybridized carbons (Fsp3) is 0.286. The number of aliphatic carboxylic acids is 1. The van der Waals surface area contributed by atoms with Crippen molar-refractivity contribution in [2.75, 3.05) is 0 Å². The Morgan fingerprint density at radius 3 is 2.95 bits per heavy atom. The Morgan fingerprint density at radius 1 is 1.48 bits per heavy atom. The van der Waals surface area contributed by atoms with Crippen molar-refractivity contribution in [3.8, 4) is 0 Å². The highest BCUT2D eigenvalue weighted by Gasteiger charge is 2.32. The maximum Gasteiger partial charge on any atom is 0.305 e. The summed E-state index contributed by atoms with van der Waals surface area (Å²) in [6, 6.07) is 5.88. The van der Waals surface area contributed by atoms with E-state index in [1.165, 1.54) is 0 Å². The Balaban J connectivity index is 2.05. The smallest absolute Gasteiger partial charge is 0.305 e. The average molecular weight is 305 g/mol. The summed E-state index contributed by atoms with van der Waals surface area (Å²) in [5, 5.41) is 18.8. The minimum Gasteiger partial charge on any atom is -0.481 e. The zero-order valence-corrected chi connectivity index (χ0v) is 12.5. The van der Waals surface area contributed by atoms with Crippen molar-refractivity contribution < 1.29 is 14.7 Å². The van der Waals surface area contributed by atoms with E-state index in [2.05, 4.69) is 15.5 Å². The number of amides is 1. The van der Waals surface area contributed by atoms with Crippen molar-refractivity contribution in [1.29, 1.82) is 0 Å². The van der Waals surface area contributed by atoms with E-state index in [0.717, 1.165) is 28.5 Å². The lowest BCUT2D eigenvalue weighted by Crippen LogP contribution is -2.26. The van der Waals surface area contributed by atoms with Gasteiger partial charge in [0, 0.05) is 0 Å². The molecule has 1 amide bonds. The van der Waals surface area contributed by atoms with Crippen LogP contribution in [0.5, 0.6) is 0 Å². The molecule has 2 rings (SSSR count). The van der Waals surface area contributed by atoms with Crippen molar-refractivity contribution in [3.05, 3.63) is 34.9 Å². The predicted molar refractivity (Wildman–Crippen MR) is 82.7 cm³/mol. The molecule has 6 nitrogen and oxygen atoms in total. The summed E-state index contributed by atoms with van der Waals surface area (Å²) in [6.07, 6.45) is 1.39.